The Bertz CT molecular complexity index is 515. The standard InChI is InChI=1S/C14H21N3O3S/c1-3-19-13(18)14(5-4-6-14)12-15-11(16-20-12)10-9-21-8-7-17(10)2/h10H,3-9H2,1-2H3. The van der Waals surface area contributed by atoms with Gasteiger partial charge in [0.25, 0.3) is 0 Å². The smallest absolute Gasteiger partial charge is 0.321 e. The molecule has 2 aliphatic rings. The molecule has 1 saturated carbocycles. The van der Waals surface area contributed by atoms with E-state index in [4.69, 9.17) is 9.26 Å². The van der Waals surface area contributed by atoms with E-state index < -0.39 is 5.41 Å². The number of carbonyl (C=O) groups excluding carboxylic acids is 1. The van der Waals surface area contributed by atoms with Crippen molar-refractivity contribution in [3.63, 3.8) is 0 Å². The van der Waals surface area contributed by atoms with E-state index in [0.29, 0.717) is 18.3 Å². The highest BCUT2D eigenvalue weighted by Gasteiger charge is 2.52. The summed E-state index contributed by atoms with van der Waals surface area (Å²) in [5.41, 5.74) is -0.693. The Labute approximate surface area is 128 Å². The molecule has 21 heavy (non-hydrogen) atoms. The van der Waals surface area contributed by atoms with Gasteiger partial charge in [0.1, 0.15) is 5.41 Å². The van der Waals surface area contributed by atoms with Crippen molar-refractivity contribution in [3.8, 4) is 0 Å². The number of carbonyl (C=O) groups is 1. The molecule has 2 heterocycles. The summed E-state index contributed by atoms with van der Waals surface area (Å²) in [7, 11) is 2.07. The Balaban J connectivity index is 1.81. The molecule has 1 saturated heterocycles. The molecule has 116 valence electrons. The highest BCUT2D eigenvalue weighted by atomic mass is 32.2. The third kappa shape index (κ3) is 2.57. The third-order valence-corrected chi connectivity index (χ3v) is 5.44. The van der Waals surface area contributed by atoms with Gasteiger partial charge in [0, 0.05) is 18.1 Å². The van der Waals surface area contributed by atoms with Gasteiger partial charge in [-0.2, -0.15) is 16.7 Å². The van der Waals surface area contributed by atoms with E-state index in [9.17, 15) is 4.79 Å². The lowest BCUT2D eigenvalue weighted by Crippen LogP contribution is -2.44. The first-order chi connectivity index (χ1) is 10.2. The van der Waals surface area contributed by atoms with Gasteiger partial charge in [0.05, 0.1) is 12.6 Å². The monoisotopic (exact) mass is 311 g/mol. The Morgan fingerprint density at radius 2 is 2.38 bits per heavy atom. The van der Waals surface area contributed by atoms with Crippen LogP contribution in [0.3, 0.4) is 0 Å². The minimum absolute atomic E-state index is 0.167. The van der Waals surface area contributed by atoms with Crippen LogP contribution in [-0.2, 0) is 14.9 Å². The van der Waals surface area contributed by atoms with Crippen LogP contribution in [-0.4, -0.2) is 52.7 Å². The van der Waals surface area contributed by atoms with Crippen LogP contribution in [0.1, 0.15) is 43.9 Å². The van der Waals surface area contributed by atoms with Crippen molar-refractivity contribution in [2.75, 3.05) is 31.7 Å². The molecule has 0 N–H and O–H groups in total. The first-order valence-corrected chi connectivity index (χ1v) is 8.62. The summed E-state index contributed by atoms with van der Waals surface area (Å²) in [6, 6.07) is 0.167. The molecule has 1 aromatic rings. The Kier molecular flexibility index (Phi) is 4.21. The molecule has 1 unspecified atom stereocenters. The fraction of sp³-hybridized carbons (Fsp3) is 0.786. The Hall–Kier alpha value is -1.08. The van der Waals surface area contributed by atoms with Crippen LogP contribution < -0.4 is 0 Å². The molecule has 3 rings (SSSR count). The SMILES string of the molecule is CCOC(=O)C1(c2nc(C3CSCCN3C)no2)CCC1. The maximum atomic E-state index is 12.2. The fourth-order valence-electron chi connectivity index (χ4n) is 2.83. The van der Waals surface area contributed by atoms with Crippen LogP contribution in [0.2, 0.25) is 0 Å². The van der Waals surface area contributed by atoms with E-state index in [-0.39, 0.29) is 12.0 Å². The van der Waals surface area contributed by atoms with Crippen LogP contribution in [0.4, 0.5) is 0 Å². The van der Waals surface area contributed by atoms with Crippen LogP contribution in [0.5, 0.6) is 0 Å². The number of rotatable bonds is 4. The number of nitrogens with zero attached hydrogens (tertiary/aromatic N) is 3. The molecule has 1 aliphatic carbocycles. The molecule has 0 amide bonds. The highest BCUT2D eigenvalue weighted by Crippen LogP contribution is 2.44. The summed E-state index contributed by atoms with van der Waals surface area (Å²) in [4.78, 5) is 19.0. The zero-order chi connectivity index (χ0) is 14.9. The summed E-state index contributed by atoms with van der Waals surface area (Å²) < 4.78 is 10.6. The molecule has 1 aliphatic heterocycles. The fourth-order valence-corrected chi connectivity index (χ4v) is 4.04. The van der Waals surface area contributed by atoms with E-state index in [0.717, 1.165) is 37.3 Å². The lowest BCUT2D eigenvalue weighted by Gasteiger charge is -2.35. The van der Waals surface area contributed by atoms with Gasteiger partial charge in [-0.25, -0.2) is 0 Å². The molecule has 0 bridgehead atoms. The van der Waals surface area contributed by atoms with Crippen LogP contribution in [0.15, 0.2) is 4.52 Å². The minimum Gasteiger partial charge on any atom is -0.465 e. The van der Waals surface area contributed by atoms with Gasteiger partial charge < -0.3 is 9.26 Å². The summed E-state index contributed by atoms with van der Waals surface area (Å²) in [6.45, 7) is 3.21. The molecule has 1 aromatic heterocycles. The average molecular weight is 311 g/mol. The number of ether oxygens (including phenoxy) is 1. The van der Waals surface area contributed by atoms with Gasteiger partial charge >= 0.3 is 5.97 Å². The van der Waals surface area contributed by atoms with E-state index in [1.807, 2.05) is 18.7 Å². The molecule has 2 fully saturated rings. The van der Waals surface area contributed by atoms with Gasteiger partial charge in [0.15, 0.2) is 5.82 Å². The summed E-state index contributed by atoms with van der Waals surface area (Å²) in [5.74, 6) is 2.99. The van der Waals surface area contributed by atoms with Crippen molar-refractivity contribution in [2.24, 2.45) is 0 Å². The zero-order valence-electron chi connectivity index (χ0n) is 12.5. The van der Waals surface area contributed by atoms with Crippen molar-refractivity contribution >= 4 is 17.7 Å². The van der Waals surface area contributed by atoms with E-state index in [1.165, 1.54) is 0 Å². The van der Waals surface area contributed by atoms with Gasteiger partial charge in [-0.15, -0.1) is 0 Å². The number of aromatic nitrogens is 2. The molecular weight excluding hydrogens is 290 g/mol. The van der Waals surface area contributed by atoms with Crippen molar-refractivity contribution in [2.45, 2.75) is 37.6 Å². The van der Waals surface area contributed by atoms with Crippen LogP contribution in [0.25, 0.3) is 0 Å². The van der Waals surface area contributed by atoms with Gasteiger partial charge in [0.2, 0.25) is 5.89 Å². The molecule has 0 aromatic carbocycles. The predicted molar refractivity (Wildman–Crippen MR) is 79.2 cm³/mol. The van der Waals surface area contributed by atoms with E-state index >= 15 is 0 Å². The maximum absolute atomic E-state index is 12.2. The lowest BCUT2D eigenvalue weighted by atomic mass is 9.68. The minimum atomic E-state index is -0.693. The third-order valence-electron chi connectivity index (χ3n) is 4.42. The van der Waals surface area contributed by atoms with Crippen molar-refractivity contribution < 1.29 is 14.1 Å². The second-order valence-corrected chi connectivity index (χ2v) is 6.84. The van der Waals surface area contributed by atoms with Crippen molar-refractivity contribution in [1.29, 1.82) is 0 Å². The quantitative estimate of drug-likeness (QED) is 0.785. The second-order valence-electron chi connectivity index (χ2n) is 5.69. The number of esters is 1. The Morgan fingerprint density at radius 3 is 3.00 bits per heavy atom. The molecule has 6 nitrogen and oxygen atoms in total. The van der Waals surface area contributed by atoms with Gasteiger partial charge in [-0.3, -0.25) is 9.69 Å². The van der Waals surface area contributed by atoms with Crippen LogP contribution >= 0.6 is 11.8 Å². The van der Waals surface area contributed by atoms with Crippen molar-refractivity contribution in [3.05, 3.63) is 11.7 Å². The average Bonchev–Trinajstić information content (AvgIpc) is 2.88. The van der Waals surface area contributed by atoms with Gasteiger partial charge in [-0.05, 0) is 26.8 Å². The van der Waals surface area contributed by atoms with Gasteiger partial charge in [-0.1, -0.05) is 11.6 Å². The molecule has 7 heteroatoms. The zero-order valence-corrected chi connectivity index (χ0v) is 13.3. The molecule has 0 spiro atoms. The Morgan fingerprint density at radius 1 is 1.57 bits per heavy atom. The topological polar surface area (TPSA) is 68.5 Å². The van der Waals surface area contributed by atoms with E-state index in [1.54, 1.807) is 0 Å². The summed E-state index contributed by atoms with van der Waals surface area (Å²) in [6.07, 6.45) is 2.47. The first kappa shape index (κ1) is 14.8. The van der Waals surface area contributed by atoms with E-state index in [2.05, 4.69) is 22.1 Å². The summed E-state index contributed by atoms with van der Waals surface area (Å²) in [5, 5.41) is 4.13. The number of hydrogen-bond acceptors (Lipinski definition) is 7. The van der Waals surface area contributed by atoms with Crippen LogP contribution in [0, 0.1) is 0 Å². The predicted octanol–water partition coefficient (Wildman–Crippen LogP) is 1.77. The normalized spacial score (nSPS) is 25.3. The number of hydrogen-bond donors (Lipinski definition) is 0. The maximum Gasteiger partial charge on any atom is 0.321 e. The largest absolute Gasteiger partial charge is 0.465 e. The number of thioether (sulfide) groups is 1. The lowest BCUT2D eigenvalue weighted by molar-refractivity contribution is -0.155. The molecular formula is C14H21N3O3S. The molecule has 0 radical (unpaired) electrons. The van der Waals surface area contributed by atoms with Crippen molar-refractivity contribution in [1.82, 2.24) is 15.0 Å². The second kappa shape index (κ2) is 5.96. The molecule has 1 atom stereocenters. The summed E-state index contributed by atoms with van der Waals surface area (Å²) >= 11 is 1.90. The highest BCUT2D eigenvalue weighted by molar-refractivity contribution is 7.99. The first-order valence-electron chi connectivity index (χ1n) is 7.46.